The molecule has 3 aliphatic rings. The van der Waals surface area contributed by atoms with E-state index in [4.69, 9.17) is 0 Å². The third-order valence-electron chi connectivity index (χ3n) is 5.87. The van der Waals surface area contributed by atoms with Crippen LogP contribution in [0.1, 0.15) is 44.1 Å². The summed E-state index contributed by atoms with van der Waals surface area (Å²) in [5, 5.41) is 7.50. The van der Waals surface area contributed by atoms with Crippen molar-refractivity contribution < 1.29 is 4.79 Å². The highest BCUT2D eigenvalue weighted by molar-refractivity contribution is 5.75. The van der Waals surface area contributed by atoms with Crippen LogP contribution in [0.4, 0.5) is 4.79 Å². The number of carbonyl (C=O) groups excluding carboxylic acids is 1. The van der Waals surface area contributed by atoms with Crippen LogP contribution < -0.4 is 5.32 Å². The fraction of sp³-hybridized carbons (Fsp3) is 0.778. The molecular weight excluding hydrogens is 302 g/mol. The van der Waals surface area contributed by atoms with Gasteiger partial charge in [-0.15, -0.1) is 0 Å². The molecule has 0 bridgehead atoms. The monoisotopic (exact) mass is 331 g/mol. The lowest BCUT2D eigenvalue weighted by atomic mass is 9.85. The molecule has 24 heavy (non-hydrogen) atoms. The second kappa shape index (κ2) is 7.13. The van der Waals surface area contributed by atoms with E-state index < -0.39 is 0 Å². The molecule has 0 spiro atoms. The van der Waals surface area contributed by atoms with Crippen LogP contribution in [-0.2, 0) is 13.1 Å². The first kappa shape index (κ1) is 15.9. The molecule has 1 aromatic heterocycles. The van der Waals surface area contributed by atoms with Crippen molar-refractivity contribution in [3.05, 3.63) is 18.0 Å². The lowest BCUT2D eigenvalue weighted by molar-refractivity contribution is 0.109. The highest BCUT2D eigenvalue weighted by Crippen LogP contribution is 2.27. The first-order valence-electron chi connectivity index (χ1n) is 9.56. The average molecular weight is 331 g/mol. The first-order valence-corrected chi connectivity index (χ1v) is 9.56. The molecule has 6 nitrogen and oxygen atoms in total. The molecule has 6 heteroatoms. The highest BCUT2D eigenvalue weighted by atomic mass is 16.2. The van der Waals surface area contributed by atoms with Crippen LogP contribution in [0.25, 0.3) is 0 Å². The summed E-state index contributed by atoms with van der Waals surface area (Å²) in [6, 6.07) is 0.555. The SMILES string of the molecule is O=C1NCCCN1C1CCN(Cc2cnn(CC3CCC3)c2)CC1. The summed E-state index contributed by atoms with van der Waals surface area (Å²) in [6.45, 7) is 5.98. The largest absolute Gasteiger partial charge is 0.338 e. The van der Waals surface area contributed by atoms with Gasteiger partial charge in [0.25, 0.3) is 0 Å². The predicted molar refractivity (Wildman–Crippen MR) is 92.6 cm³/mol. The Balaban J connectivity index is 1.24. The Bertz CT molecular complexity index is 560. The minimum Gasteiger partial charge on any atom is -0.338 e. The fourth-order valence-corrected chi connectivity index (χ4v) is 4.17. The predicted octanol–water partition coefficient (Wildman–Crippen LogP) is 2.06. The number of nitrogens with zero attached hydrogens (tertiary/aromatic N) is 4. The third-order valence-corrected chi connectivity index (χ3v) is 5.87. The van der Waals surface area contributed by atoms with Gasteiger partial charge in [0.05, 0.1) is 6.20 Å². The Morgan fingerprint density at radius 3 is 2.67 bits per heavy atom. The molecule has 1 aliphatic carbocycles. The Kier molecular flexibility index (Phi) is 4.74. The highest BCUT2D eigenvalue weighted by Gasteiger charge is 2.29. The van der Waals surface area contributed by atoms with Gasteiger partial charge in [0.15, 0.2) is 0 Å². The molecule has 2 aliphatic heterocycles. The topological polar surface area (TPSA) is 53.4 Å². The molecule has 2 saturated heterocycles. The van der Waals surface area contributed by atoms with Gasteiger partial charge in [-0.3, -0.25) is 9.58 Å². The lowest BCUT2D eigenvalue weighted by Crippen LogP contribution is -2.54. The summed E-state index contributed by atoms with van der Waals surface area (Å²) in [4.78, 5) is 16.5. The van der Waals surface area contributed by atoms with Crippen LogP contribution >= 0.6 is 0 Å². The quantitative estimate of drug-likeness (QED) is 0.898. The summed E-state index contributed by atoms with van der Waals surface area (Å²) < 4.78 is 2.13. The number of urea groups is 1. The average Bonchev–Trinajstić information content (AvgIpc) is 3.00. The molecule has 0 aromatic carbocycles. The standard InChI is InChI=1S/C18H29N5O/c24-18-19-7-2-8-23(18)17-5-9-21(10-6-17)12-16-11-20-22(14-16)13-15-3-1-4-15/h11,14-15,17H,1-10,12-13H2,(H,19,24). The van der Waals surface area contributed by atoms with Crippen molar-refractivity contribution in [3.63, 3.8) is 0 Å². The normalized spacial score (nSPS) is 24.0. The number of likely N-dealkylation sites (tertiary alicyclic amines) is 1. The number of aromatic nitrogens is 2. The van der Waals surface area contributed by atoms with E-state index in [1.165, 1.54) is 24.8 Å². The van der Waals surface area contributed by atoms with E-state index in [0.717, 1.165) is 64.4 Å². The molecule has 1 N–H and O–H groups in total. The lowest BCUT2D eigenvalue weighted by Gasteiger charge is -2.40. The Hall–Kier alpha value is -1.56. The van der Waals surface area contributed by atoms with E-state index >= 15 is 0 Å². The van der Waals surface area contributed by atoms with Gasteiger partial charge in [0, 0.05) is 57.1 Å². The first-order chi connectivity index (χ1) is 11.8. The molecular formula is C18H29N5O. The summed E-state index contributed by atoms with van der Waals surface area (Å²) in [6.07, 6.45) is 11.6. The zero-order valence-electron chi connectivity index (χ0n) is 14.5. The van der Waals surface area contributed by atoms with Crippen molar-refractivity contribution in [2.45, 2.75) is 57.7 Å². The van der Waals surface area contributed by atoms with E-state index in [1.807, 2.05) is 6.20 Å². The molecule has 0 radical (unpaired) electrons. The zero-order chi connectivity index (χ0) is 16.4. The maximum absolute atomic E-state index is 12.0. The zero-order valence-corrected chi connectivity index (χ0v) is 14.5. The van der Waals surface area contributed by atoms with Crippen LogP contribution in [0.5, 0.6) is 0 Å². The van der Waals surface area contributed by atoms with E-state index in [2.05, 4.69) is 31.1 Å². The van der Waals surface area contributed by atoms with Crippen LogP contribution in [0, 0.1) is 5.92 Å². The number of carbonyl (C=O) groups is 1. The van der Waals surface area contributed by atoms with Gasteiger partial charge in [0.1, 0.15) is 0 Å². The second-order valence-electron chi connectivity index (χ2n) is 7.65. The minimum atomic E-state index is 0.136. The summed E-state index contributed by atoms with van der Waals surface area (Å²) in [5.41, 5.74) is 1.32. The smallest absolute Gasteiger partial charge is 0.317 e. The minimum absolute atomic E-state index is 0.136. The van der Waals surface area contributed by atoms with Crippen molar-refractivity contribution in [2.75, 3.05) is 26.2 Å². The van der Waals surface area contributed by atoms with Crippen molar-refractivity contribution in [2.24, 2.45) is 5.92 Å². The molecule has 132 valence electrons. The molecule has 3 fully saturated rings. The van der Waals surface area contributed by atoms with E-state index in [1.54, 1.807) is 0 Å². The van der Waals surface area contributed by atoms with Gasteiger partial charge in [-0.2, -0.15) is 5.10 Å². The second-order valence-corrected chi connectivity index (χ2v) is 7.65. The van der Waals surface area contributed by atoms with Gasteiger partial charge in [-0.05, 0) is 38.0 Å². The summed E-state index contributed by atoms with van der Waals surface area (Å²) in [7, 11) is 0. The maximum atomic E-state index is 12.0. The van der Waals surface area contributed by atoms with Crippen molar-refractivity contribution in [1.29, 1.82) is 0 Å². The Morgan fingerprint density at radius 2 is 1.96 bits per heavy atom. The maximum Gasteiger partial charge on any atom is 0.317 e. The van der Waals surface area contributed by atoms with E-state index in [9.17, 15) is 4.79 Å². The Morgan fingerprint density at radius 1 is 1.12 bits per heavy atom. The number of hydrogen-bond acceptors (Lipinski definition) is 3. The van der Waals surface area contributed by atoms with Gasteiger partial charge in [0.2, 0.25) is 0 Å². The van der Waals surface area contributed by atoms with E-state index in [-0.39, 0.29) is 6.03 Å². The van der Waals surface area contributed by atoms with Crippen molar-refractivity contribution >= 4 is 6.03 Å². The Labute approximate surface area is 144 Å². The molecule has 2 amide bonds. The number of nitrogens with one attached hydrogen (secondary N) is 1. The van der Waals surface area contributed by atoms with Crippen LogP contribution in [-0.4, -0.2) is 57.8 Å². The van der Waals surface area contributed by atoms with E-state index in [0.29, 0.717) is 6.04 Å². The summed E-state index contributed by atoms with van der Waals surface area (Å²) in [5.74, 6) is 0.851. The molecule has 4 rings (SSSR count). The molecule has 1 saturated carbocycles. The van der Waals surface area contributed by atoms with Gasteiger partial charge >= 0.3 is 6.03 Å². The number of rotatable bonds is 5. The summed E-state index contributed by atoms with van der Waals surface area (Å²) >= 11 is 0. The van der Waals surface area contributed by atoms with Crippen LogP contribution in [0.3, 0.4) is 0 Å². The molecule has 0 unspecified atom stereocenters. The van der Waals surface area contributed by atoms with Crippen molar-refractivity contribution in [3.8, 4) is 0 Å². The van der Waals surface area contributed by atoms with Crippen molar-refractivity contribution in [1.82, 2.24) is 24.9 Å². The van der Waals surface area contributed by atoms with Crippen LogP contribution in [0.2, 0.25) is 0 Å². The molecule has 0 atom stereocenters. The molecule has 1 aromatic rings. The van der Waals surface area contributed by atoms with Gasteiger partial charge in [-0.1, -0.05) is 6.42 Å². The number of amides is 2. The molecule has 3 heterocycles. The van der Waals surface area contributed by atoms with Gasteiger partial charge in [-0.25, -0.2) is 4.79 Å². The number of piperidine rings is 1. The number of hydrogen-bond donors (Lipinski definition) is 1. The third kappa shape index (κ3) is 3.58. The van der Waals surface area contributed by atoms with Crippen LogP contribution in [0.15, 0.2) is 12.4 Å². The van der Waals surface area contributed by atoms with Gasteiger partial charge < -0.3 is 10.2 Å². The fourth-order valence-electron chi connectivity index (χ4n) is 4.17.